The Labute approximate surface area is 117 Å². The van der Waals surface area contributed by atoms with Crippen molar-refractivity contribution in [1.82, 2.24) is 5.32 Å². The van der Waals surface area contributed by atoms with Crippen LogP contribution < -0.4 is 11.1 Å². The zero-order chi connectivity index (χ0) is 14.0. The third-order valence-electron chi connectivity index (χ3n) is 5.13. The summed E-state index contributed by atoms with van der Waals surface area (Å²) in [5.41, 5.74) is 6.03. The van der Waals surface area contributed by atoms with Crippen LogP contribution in [0, 0.1) is 23.7 Å². The van der Waals surface area contributed by atoms with Crippen LogP contribution in [0.3, 0.4) is 0 Å². The van der Waals surface area contributed by atoms with Gasteiger partial charge in [0.05, 0.1) is 0 Å². The van der Waals surface area contributed by atoms with Crippen LogP contribution in [-0.4, -0.2) is 18.0 Å². The molecule has 0 aromatic rings. The van der Waals surface area contributed by atoms with Crippen LogP contribution in [0.5, 0.6) is 0 Å². The van der Waals surface area contributed by atoms with Gasteiger partial charge in [0, 0.05) is 18.0 Å². The summed E-state index contributed by atoms with van der Waals surface area (Å²) in [5, 5.41) is 3.31. The molecule has 0 aromatic heterocycles. The Morgan fingerprint density at radius 1 is 1.00 bits per heavy atom. The van der Waals surface area contributed by atoms with E-state index in [0.717, 1.165) is 43.9 Å². The minimum absolute atomic E-state index is 0.197. The van der Waals surface area contributed by atoms with Gasteiger partial charge in [-0.15, -0.1) is 0 Å². The lowest BCUT2D eigenvalue weighted by molar-refractivity contribution is -0.127. The number of amides is 1. The zero-order valence-electron chi connectivity index (χ0n) is 12.7. The number of nitrogens with one attached hydrogen (secondary N) is 1. The van der Waals surface area contributed by atoms with E-state index >= 15 is 0 Å². The first-order valence-electron chi connectivity index (χ1n) is 8.01. The van der Waals surface area contributed by atoms with Gasteiger partial charge < -0.3 is 11.1 Å². The third kappa shape index (κ3) is 3.95. The molecule has 2 fully saturated rings. The van der Waals surface area contributed by atoms with Gasteiger partial charge in [0.2, 0.25) is 5.91 Å². The lowest BCUT2D eigenvalue weighted by atomic mass is 9.77. The van der Waals surface area contributed by atoms with Gasteiger partial charge in [0.25, 0.3) is 0 Å². The van der Waals surface area contributed by atoms with Crippen LogP contribution >= 0.6 is 0 Å². The summed E-state index contributed by atoms with van der Waals surface area (Å²) in [6.45, 7) is 6.78. The third-order valence-corrected chi connectivity index (χ3v) is 5.13. The molecule has 0 radical (unpaired) electrons. The Kier molecular flexibility index (Phi) is 4.88. The Hall–Kier alpha value is -0.570. The molecular formula is C16H30N2O. The Morgan fingerprint density at radius 2 is 1.63 bits per heavy atom. The monoisotopic (exact) mass is 266 g/mol. The average Bonchev–Trinajstić information content (AvgIpc) is 2.31. The fourth-order valence-electron chi connectivity index (χ4n) is 4.04. The van der Waals surface area contributed by atoms with Crippen molar-refractivity contribution in [3.63, 3.8) is 0 Å². The molecule has 0 bridgehead atoms. The topological polar surface area (TPSA) is 55.1 Å². The number of carbonyl (C=O) groups is 1. The van der Waals surface area contributed by atoms with Gasteiger partial charge in [0.15, 0.2) is 0 Å². The number of hydrogen-bond donors (Lipinski definition) is 2. The molecular weight excluding hydrogens is 236 g/mol. The van der Waals surface area contributed by atoms with Crippen LogP contribution in [-0.2, 0) is 4.79 Å². The maximum Gasteiger partial charge on any atom is 0.223 e. The normalized spacial score (nSPS) is 43.8. The standard InChI is InChI=1S/C16H30N2O/c1-10-6-11(2)8-14(7-10)18-16(19)13-4-5-15(17)12(3)9-13/h10-15H,4-9,17H2,1-3H3,(H,18,19). The highest BCUT2D eigenvalue weighted by Crippen LogP contribution is 2.31. The van der Waals surface area contributed by atoms with E-state index < -0.39 is 0 Å². The summed E-state index contributed by atoms with van der Waals surface area (Å²) in [5.74, 6) is 2.45. The highest BCUT2D eigenvalue weighted by molar-refractivity contribution is 5.79. The van der Waals surface area contributed by atoms with E-state index in [-0.39, 0.29) is 11.8 Å². The highest BCUT2D eigenvalue weighted by Gasteiger charge is 2.32. The summed E-state index contributed by atoms with van der Waals surface area (Å²) in [6, 6.07) is 0.691. The first-order chi connectivity index (χ1) is 8.95. The molecule has 0 heterocycles. The van der Waals surface area contributed by atoms with Gasteiger partial charge in [-0.3, -0.25) is 4.79 Å². The van der Waals surface area contributed by atoms with Gasteiger partial charge in [-0.1, -0.05) is 20.8 Å². The smallest absolute Gasteiger partial charge is 0.223 e. The van der Waals surface area contributed by atoms with Crippen molar-refractivity contribution in [3.05, 3.63) is 0 Å². The highest BCUT2D eigenvalue weighted by atomic mass is 16.1. The Balaban J connectivity index is 1.83. The molecule has 3 nitrogen and oxygen atoms in total. The Morgan fingerprint density at radius 3 is 2.21 bits per heavy atom. The van der Waals surface area contributed by atoms with Crippen molar-refractivity contribution in [2.24, 2.45) is 29.4 Å². The van der Waals surface area contributed by atoms with E-state index in [9.17, 15) is 4.79 Å². The second kappa shape index (κ2) is 6.25. The molecule has 2 saturated carbocycles. The summed E-state index contributed by atoms with van der Waals surface area (Å²) >= 11 is 0. The summed E-state index contributed by atoms with van der Waals surface area (Å²) in [7, 11) is 0. The summed E-state index contributed by atoms with van der Waals surface area (Å²) in [4.78, 5) is 12.4. The van der Waals surface area contributed by atoms with E-state index in [1.54, 1.807) is 0 Å². The molecule has 3 heteroatoms. The minimum Gasteiger partial charge on any atom is -0.353 e. The number of nitrogens with two attached hydrogens (primary N) is 1. The lowest BCUT2D eigenvalue weighted by Gasteiger charge is -2.35. The number of carbonyl (C=O) groups excluding carboxylic acids is 1. The maximum atomic E-state index is 12.4. The number of rotatable bonds is 2. The lowest BCUT2D eigenvalue weighted by Crippen LogP contribution is -2.45. The van der Waals surface area contributed by atoms with Crippen molar-refractivity contribution in [1.29, 1.82) is 0 Å². The first-order valence-corrected chi connectivity index (χ1v) is 8.01. The first kappa shape index (κ1) is 14.8. The average molecular weight is 266 g/mol. The molecule has 110 valence electrons. The predicted molar refractivity (Wildman–Crippen MR) is 78.6 cm³/mol. The fourth-order valence-corrected chi connectivity index (χ4v) is 4.04. The van der Waals surface area contributed by atoms with Gasteiger partial charge in [0.1, 0.15) is 0 Å². The Bertz CT molecular complexity index is 308. The quantitative estimate of drug-likeness (QED) is 0.807. The predicted octanol–water partition coefficient (Wildman–Crippen LogP) is 2.69. The molecule has 0 saturated heterocycles. The molecule has 19 heavy (non-hydrogen) atoms. The molecule has 2 aliphatic rings. The molecule has 5 atom stereocenters. The molecule has 0 aromatic carbocycles. The summed E-state index contributed by atoms with van der Waals surface area (Å²) in [6.07, 6.45) is 6.54. The van der Waals surface area contributed by atoms with E-state index in [4.69, 9.17) is 5.73 Å². The van der Waals surface area contributed by atoms with Gasteiger partial charge in [-0.2, -0.15) is 0 Å². The van der Waals surface area contributed by atoms with Crippen molar-refractivity contribution in [2.45, 2.75) is 71.4 Å². The van der Waals surface area contributed by atoms with Gasteiger partial charge in [-0.25, -0.2) is 0 Å². The molecule has 5 unspecified atom stereocenters. The van der Waals surface area contributed by atoms with Crippen molar-refractivity contribution in [2.75, 3.05) is 0 Å². The maximum absolute atomic E-state index is 12.4. The van der Waals surface area contributed by atoms with E-state index in [1.807, 2.05) is 0 Å². The van der Waals surface area contributed by atoms with E-state index in [0.29, 0.717) is 18.0 Å². The van der Waals surface area contributed by atoms with E-state index in [1.165, 1.54) is 6.42 Å². The second-order valence-corrected chi connectivity index (χ2v) is 7.27. The van der Waals surface area contributed by atoms with Gasteiger partial charge >= 0.3 is 0 Å². The van der Waals surface area contributed by atoms with E-state index in [2.05, 4.69) is 26.1 Å². The molecule has 2 rings (SSSR count). The molecule has 2 aliphatic carbocycles. The zero-order valence-corrected chi connectivity index (χ0v) is 12.7. The van der Waals surface area contributed by atoms with Crippen LogP contribution in [0.2, 0.25) is 0 Å². The summed E-state index contributed by atoms with van der Waals surface area (Å²) < 4.78 is 0. The largest absolute Gasteiger partial charge is 0.353 e. The van der Waals surface area contributed by atoms with Crippen molar-refractivity contribution >= 4 is 5.91 Å². The molecule has 0 spiro atoms. The van der Waals surface area contributed by atoms with Crippen LogP contribution in [0.1, 0.15) is 59.3 Å². The van der Waals surface area contributed by atoms with Crippen LogP contribution in [0.25, 0.3) is 0 Å². The van der Waals surface area contributed by atoms with Crippen molar-refractivity contribution < 1.29 is 4.79 Å². The minimum atomic E-state index is 0.197. The fraction of sp³-hybridized carbons (Fsp3) is 0.938. The molecule has 3 N–H and O–H groups in total. The number of hydrogen-bond acceptors (Lipinski definition) is 2. The van der Waals surface area contributed by atoms with Crippen LogP contribution in [0.15, 0.2) is 0 Å². The second-order valence-electron chi connectivity index (χ2n) is 7.27. The van der Waals surface area contributed by atoms with Crippen molar-refractivity contribution in [3.8, 4) is 0 Å². The van der Waals surface area contributed by atoms with Crippen LogP contribution in [0.4, 0.5) is 0 Å². The molecule has 0 aliphatic heterocycles. The molecule has 1 amide bonds. The SMILES string of the molecule is CC1CC(C)CC(NC(=O)C2CCC(N)C(C)C2)C1. The van der Waals surface area contributed by atoms with Gasteiger partial charge in [-0.05, 0) is 56.3 Å².